The van der Waals surface area contributed by atoms with E-state index in [2.05, 4.69) is 10.3 Å². The molecule has 1 aromatic heterocycles. The second-order valence-corrected chi connectivity index (χ2v) is 4.79. The summed E-state index contributed by atoms with van der Waals surface area (Å²) in [6, 6.07) is 3.68. The van der Waals surface area contributed by atoms with Crippen LogP contribution in [0.5, 0.6) is 0 Å². The molecule has 0 saturated carbocycles. The molecular formula is C12H11F3N2S. The first-order chi connectivity index (χ1) is 8.47. The number of alkyl halides is 3. The third-order valence-corrected chi connectivity index (χ3v) is 3.26. The number of anilines is 1. The van der Waals surface area contributed by atoms with E-state index in [9.17, 15) is 13.2 Å². The van der Waals surface area contributed by atoms with Gasteiger partial charge in [0.25, 0.3) is 0 Å². The molecule has 0 amide bonds. The summed E-state index contributed by atoms with van der Waals surface area (Å²) in [4.78, 5) is 4.07. The Morgan fingerprint density at radius 3 is 2.72 bits per heavy atom. The second kappa shape index (κ2) is 4.97. The number of aromatic nitrogens is 1. The lowest BCUT2D eigenvalue weighted by Gasteiger charge is -2.12. The lowest BCUT2D eigenvalue weighted by molar-refractivity contribution is -0.137. The molecule has 96 valence electrons. The first-order valence-electron chi connectivity index (χ1n) is 5.27. The molecule has 0 aliphatic rings. The topological polar surface area (TPSA) is 24.9 Å². The van der Waals surface area contributed by atoms with E-state index in [1.807, 2.05) is 5.38 Å². The maximum absolute atomic E-state index is 12.6. The van der Waals surface area contributed by atoms with Gasteiger partial charge in [-0.05, 0) is 24.6 Å². The largest absolute Gasteiger partial charge is 0.416 e. The van der Waals surface area contributed by atoms with Gasteiger partial charge in [0.2, 0.25) is 0 Å². The number of hydrogen-bond donors (Lipinski definition) is 1. The van der Waals surface area contributed by atoms with Gasteiger partial charge >= 0.3 is 6.18 Å². The van der Waals surface area contributed by atoms with Crippen LogP contribution in [0, 0.1) is 6.92 Å². The van der Waals surface area contributed by atoms with Crippen LogP contribution >= 0.6 is 11.3 Å². The monoisotopic (exact) mass is 272 g/mol. The van der Waals surface area contributed by atoms with Gasteiger partial charge < -0.3 is 5.32 Å². The van der Waals surface area contributed by atoms with E-state index in [0.717, 1.165) is 22.7 Å². The molecule has 1 N–H and O–H groups in total. The number of rotatable bonds is 3. The van der Waals surface area contributed by atoms with Crippen LogP contribution in [0.15, 0.2) is 29.8 Å². The fourth-order valence-corrected chi connectivity index (χ4v) is 2.06. The van der Waals surface area contributed by atoms with Gasteiger partial charge in [-0.15, -0.1) is 11.3 Å². The lowest BCUT2D eigenvalue weighted by Crippen LogP contribution is -2.07. The molecule has 0 atom stereocenters. The molecule has 0 fully saturated rings. The molecule has 18 heavy (non-hydrogen) atoms. The highest BCUT2D eigenvalue weighted by atomic mass is 32.1. The van der Waals surface area contributed by atoms with Crippen molar-refractivity contribution in [2.24, 2.45) is 0 Å². The van der Waals surface area contributed by atoms with Crippen molar-refractivity contribution in [2.75, 3.05) is 5.32 Å². The van der Waals surface area contributed by atoms with Crippen molar-refractivity contribution in [3.05, 3.63) is 45.9 Å². The Morgan fingerprint density at radius 1 is 1.33 bits per heavy atom. The fraction of sp³-hybridized carbons (Fsp3) is 0.250. The number of benzene rings is 1. The molecule has 0 spiro atoms. The molecule has 2 rings (SSSR count). The molecule has 0 saturated heterocycles. The Morgan fingerprint density at radius 2 is 2.11 bits per heavy atom. The Labute approximate surface area is 106 Å². The molecular weight excluding hydrogens is 261 g/mol. The summed E-state index contributed by atoms with van der Waals surface area (Å²) < 4.78 is 37.7. The van der Waals surface area contributed by atoms with Crippen molar-refractivity contribution in [3.63, 3.8) is 0 Å². The Hall–Kier alpha value is -1.56. The maximum Gasteiger partial charge on any atom is 0.416 e. The normalized spacial score (nSPS) is 11.6. The molecule has 6 heteroatoms. The summed E-state index contributed by atoms with van der Waals surface area (Å²) in [6.45, 7) is 2.20. The van der Waals surface area contributed by atoms with E-state index < -0.39 is 11.7 Å². The van der Waals surface area contributed by atoms with E-state index in [1.54, 1.807) is 13.1 Å². The SMILES string of the molecule is Cc1ccc(C(F)(F)F)cc1NCc1nccs1. The van der Waals surface area contributed by atoms with Crippen LogP contribution in [0.2, 0.25) is 0 Å². The van der Waals surface area contributed by atoms with Crippen LogP contribution < -0.4 is 5.32 Å². The predicted octanol–water partition coefficient (Wildman–Crippen LogP) is 4.08. The van der Waals surface area contributed by atoms with Crippen molar-refractivity contribution in [3.8, 4) is 0 Å². The predicted molar refractivity (Wildman–Crippen MR) is 65.6 cm³/mol. The molecule has 1 aromatic carbocycles. The quantitative estimate of drug-likeness (QED) is 0.910. The first kappa shape index (κ1) is 12.9. The number of nitrogens with zero attached hydrogens (tertiary/aromatic N) is 1. The molecule has 2 aromatic rings. The van der Waals surface area contributed by atoms with Crippen molar-refractivity contribution >= 4 is 17.0 Å². The smallest absolute Gasteiger partial charge is 0.378 e. The van der Waals surface area contributed by atoms with Crippen molar-refractivity contribution in [1.29, 1.82) is 0 Å². The molecule has 0 radical (unpaired) electrons. The summed E-state index contributed by atoms with van der Waals surface area (Å²) in [7, 11) is 0. The fourth-order valence-electron chi connectivity index (χ4n) is 1.50. The second-order valence-electron chi connectivity index (χ2n) is 3.81. The summed E-state index contributed by atoms with van der Waals surface area (Å²) >= 11 is 1.46. The van der Waals surface area contributed by atoms with E-state index >= 15 is 0 Å². The highest BCUT2D eigenvalue weighted by Gasteiger charge is 2.30. The minimum Gasteiger partial charge on any atom is -0.378 e. The van der Waals surface area contributed by atoms with Gasteiger partial charge in [0.15, 0.2) is 0 Å². The van der Waals surface area contributed by atoms with Crippen LogP contribution in [-0.2, 0) is 12.7 Å². The van der Waals surface area contributed by atoms with Gasteiger partial charge in [0.05, 0.1) is 12.1 Å². The molecule has 2 nitrogen and oxygen atoms in total. The van der Waals surface area contributed by atoms with Crippen LogP contribution in [0.25, 0.3) is 0 Å². The minimum absolute atomic E-state index is 0.430. The summed E-state index contributed by atoms with van der Waals surface area (Å²) in [5, 5.41) is 5.64. The molecule has 0 aliphatic heterocycles. The molecule has 0 unspecified atom stereocenters. The summed E-state index contributed by atoms with van der Waals surface area (Å²) in [5.74, 6) is 0. The van der Waals surface area contributed by atoms with Gasteiger partial charge in [-0.2, -0.15) is 13.2 Å². The number of thiazole rings is 1. The van der Waals surface area contributed by atoms with E-state index in [-0.39, 0.29) is 0 Å². The Balaban J connectivity index is 2.16. The van der Waals surface area contributed by atoms with Crippen LogP contribution in [0.4, 0.5) is 18.9 Å². The summed E-state index contributed by atoms with van der Waals surface area (Å²) in [6.07, 6.45) is -2.65. The van der Waals surface area contributed by atoms with Gasteiger partial charge in [-0.3, -0.25) is 0 Å². The highest BCUT2D eigenvalue weighted by Crippen LogP contribution is 2.32. The molecule has 0 aliphatic carbocycles. The first-order valence-corrected chi connectivity index (χ1v) is 6.15. The minimum atomic E-state index is -4.31. The van der Waals surface area contributed by atoms with Crippen molar-refractivity contribution in [2.45, 2.75) is 19.6 Å². The van der Waals surface area contributed by atoms with E-state index in [0.29, 0.717) is 12.2 Å². The van der Waals surface area contributed by atoms with E-state index in [4.69, 9.17) is 0 Å². The average molecular weight is 272 g/mol. The Kier molecular flexibility index (Phi) is 3.56. The number of aryl methyl sites for hydroxylation is 1. The standard InChI is InChI=1S/C12H11F3N2S/c1-8-2-3-9(12(13,14)15)6-10(8)17-7-11-16-4-5-18-11/h2-6,17H,7H2,1H3. The Bertz CT molecular complexity index is 521. The number of hydrogen-bond acceptors (Lipinski definition) is 3. The zero-order valence-corrected chi connectivity index (χ0v) is 10.4. The highest BCUT2D eigenvalue weighted by molar-refractivity contribution is 7.09. The average Bonchev–Trinajstić information content (AvgIpc) is 2.79. The third-order valence-electron chi connectivity index (χ3n) is 2.48. The maximum atomic E-state index is 12.6. The van der Waals surface area contributed by atoms with Gasteiger partial charge in [-0.1, -0.05) is 6.07 Å². The number of halogens is 3. The number of nitrogens with one attached hydrogen (secondary N) is 1. The van der Waals surface area contributed by atoms with Gasteiger partial charge in [0.1, 0.15) is 5.01 Å². The van der Waals surface area contributed by atoms with Gasteiger partial charge in [-0.25, -0.2) is 4.98 Å². The lowest BCUT2D eigenvalue weighted by atomic mass is 10.1. The van der Waals surface area contributed by atoms with Crippen molar-refractivity contribution in [1.82, 2.24) is 4.98 Å². The van der Waals surface area contributed by atoms with Crippen LogP contribution in [-0.4, -0.2) is 4.98 Å². The zero-order valence-electron chi connectivity index (χ0n) is 9.58. The van der Waals surface area contributed by atoms with E-state index in [1.165, 1.54) is 17.4 Å². The van der Waals surface area contributed by atoms with Crippen LogP contribution in [0.1, 0.15) is 16.1 Å². The van der Waals surface area contributed by atoms with Crippen molar-refractivity contribution < 1.29 is 13.2 Å². The summed E-state index contributed by atoms with van der Waals surface area (Å²) in [5.41, 5.74) is 0.620. The third kappa shape index (κ3) is 3.01. The molecule has 1 heterocycles. The zero-order chi connectivity index (χ0) is 13.2. The van der Waals surface area contributed by atoms with Gasteiger partial charge in [0, 0.05) is 17.3 Å². The molecule has 0 bridgehead atoms. The van der Waals surface area contributed by atoms with Crippen LogP contribution in [0.3, 0.4) is 0 Å².